The van der Waals surface area contributed by atoms with E-state index in [0.29, 0.717) is 32.7 Å². The summed E-state index contributed by atoms with van der Waals surface area (Å²) in [4.78, 5) is 4.39. The highest BCUT2D eigenvalue weighted by atomic mass is 17.1. The van der Waals surface area contributed by atoms with Crippen molar-refractivity contribution in [3.63, 3.8) is 0 Å². The van der Waals surface area contributed by atoms with E-state index in [0.717, 1.165) is 5.56 Å². The van der Waals surface area contributed by atoms with E-state index in [1.54, 1.807) is 0 Å². The maximum atomic E-state index is 8.98. The predicted octanol–water partition coefficient (Wildman–Crippen LogP) is 1.48. The van der Waals surface area contributed by atoms with Gasteiger partial charge in [-0.05, 0) is 18.4 Å². The van der Waals surface area contributed by atoms with Crippen LogP contribution < -0.4 is 0 Å². The quantitative estimate of drug-likeness (QED) is 0.234. The zero-order valence-corrected chi connectivity index (χ0v) is 14.6. The van der Waals surface area contributed by atoms with Crippen LogP contribution in [-0.2, 0) is 25.7 Å². The Morgan fingerprint density at radius 1 is 0.760 bits per heavy atom. The Hall–Kier alpha value is -1.06. The first-order chi connectivity index (χ1) is 12.3. The summed E-state index contributed by atoms with van der Waals surface area (Å²) in [6.07, 6.45) is 1.07. The van der Waals surface area contributed by atoms with Gasteiger partial charge in [-0.15, -0.1) is 0 Å². The second-order valence-corrected chi connectivity index (χ2v) is 6.01. The molecule has 7 nitrogen and oxygen atoms in total. The Morgan fingerprint density at radius 3 is 1.84 bits per heavy atom. The van der Waals surface area contributed by atoms with Gasteiger partial charge in [0.2, 0.25) is 0 Å². The third-order valence-electron chi connectivity index (χ3n) is 3.60. The molecule has 1 aromatic rings. The minimum Gasteiger partial charge on any atom is -0.396 e. The first-order valence-electron chi connectivity index (χ1n) is 8.51. The number of hydrogen-bond acceptors (Lipinski definition) is 7. The van der Waals surface area contributed by atoms with Gasteiger partial charge in [0, 0.05) is 26.4 Å². The van der Waals surface area contributed by atoms with Crippen LogP contribution in [0.15, 0.2) is 30.3 Å². The van der Waals surface area contributed by atoms with E-state index >= 15 is 0 Å². The SMILES string of the molecule is OCCCOCC(COO)(COCCCO)COCc1ccccc1. The highest BCUT2D eigenvalue weighted by Gasteiger charge is 2.33. The van der Waals surface area contributed by atoms with Crippen molar-refractivity contribution in [1.82, 2.24) is 0 Å². The molecule has 0 heterocycles. The molecule has 0 radical (unpaired) electrons. The lowest BCUT2D eigenvalue weighted by Gasteiger charge is -2.31. The normalized spacial score (nSPS) is 11.8. The summed E-state index contributed by atoms with van der Waals surface area (Å²) in [5.41, 5.74) is 0.373. The fourth-order valence-electron chi connectivity index (χ4n) is 2.26. The molecule has 144 valence electrons. The molecule has 0 atom stereocenters. The summed E-state index contributed by atoms with van der Waals surface area (Å²) in [6, 6.07) is 9.77. The Balaban J connectivity index is 2.57. The Bertz CT molecular complexity index is 401. The van der Waals surface area contributed by atoms with Gasteiger partial charge in [-0.2, -0.15) is 0 Å². The minimum atomic E-state index is -0.672. The second kappa shape index (κ2) is 14.1. The van der Waals surface area contributed by atoms with E-state index in [1.165, 1.54) is 0 Å². The Kier molecular flexibility index (Phi) is 12.4. The standard InChI is InChI=1S/C18H30O7/c19-8-4-10-22-13-18(16-25-21,14-23-11-5-9-20)15-24-12-17-6-2-1-3-7-17/h1-3,6-7,19-21H,4-5,8-16H2. The van der Waals surface area contributed by atoms with Gasteiger partial charge in [-0.1, -0.05) is 30.3 Å². The molecule has 0 aliphatic carbocycles. The molecule has 0 aliphatic heterocycles. The van der Waals surface area contributed by atoms with Gasteiger partial charge >= 0.3 is 0 Å². The van der Waals surface area contributed by atoms with Gasteiger partial charge in [0.05, 0.1) is 38.4 Å². The van der Waals surface area contributed by atoms with Gasteiger partial charge in [-0.3, -0.25) is 5.26 Å². The van der Waals surface area contributed by atoms with E-state index in [2.05, 4.69) is 4.89 Å². The number of aliphatic hydroxyl groups is 2. The van der Waals surface area contributed by atoms with Crippen LogP contribution in [0.2, 0.25) is 0 Å². The van der Waals surface area contributed by atoms with Crippen LogP contribution in [0.25, 0.3) is 0 Å². The molecule has 25 heavy (non-hydrogen) atoms. The molecule has 1 rings (SSSR count). The average molecular weight is 358 g/mol. The van der Waals surface area contributed by atoms with E-state index in [-0.39, 0.29) is 39.6 Å². The van der Waals surface area contributed by atoms with E-state index < -0.39 is 5.41 Å². The first kappa shape index (κ1) is 22.0. The van der Waals surface area contributed by atoms with Crippen molar-refractivity contribution in [1.29, 1.82) is 0 Å². The topological polar surface area (TPSA) is 97.6 Å². The van der Waals surface area contributed by atoms with Crippen LogP contribution in [0.3, 0.4) is 0 Å². The summed E-state index contributed by atoms with van der Waals surface area (Å²) < 4.78 is 17.0. The van der Waals surface area contributed by atoms with E-state index in [4.69, 9.17) is 29.7 Å². The van der Waals surface area contributed by atoms with Gasteiger partial charge in [0.25, 0.3) is 0 Å². The van der Waals surface area contributed by atoms with E-state index in [9.17, 15) is 0 Å². The Morgan fingerprint density at radius 2 is 1.32 bits per heavy atom. The third-order valence-corrected chi connectivity index (χ3v) is 3.60. The molecule has 0 saturated carbocycles. The maximum absolute atomic E-state index is 8.98. The molecule has 3 N–H and O–H groups in total. The molecular formula is C18H30O7. The number of rotatable bonds is 16. The lowest BCUT2D eigenvalue weighted by molar-refractivity contribution is -0.277. The summed E-state index contributed by atoms with van der Waals surface area (Å²) in [6.45, 7) is 2.16. The van der Waals surface area contributed by atoms with Crippen LogP contribution in [0, 0.1) is 5.41 Å². The average Bonchev–Trinajstić information content (AvgIpc) is 2.64. The molecule has 0 saturated heterocycles. The monoisotopic (exact) mass is 358 g/mol. The summed E-state index contributed by atoms with van der Waals surface area (Å²) in [5.74, 6) is 0. The molecule has 0 aliphatic rings. The molecule has 7 heteroatoms. The van der Waals surface area contributed by atoms with Crippen molar-refractivity contribution in [2.45, 2.75) is 19.4 Å². The molecular weight excluding hydrogens is 328 g/mol. The molecule has 0 fully saturated rings. The van der Waals surface area contributed by atoms with Crippen molar-refractivity contribution in [3.05, 3.63) is 35.9 Å². The van der Waals surface area contributed by atoms with Gasteiger partial charge < -0.3 is 24.4 Å². The fourth-order valence-corrected chi connectivity index (χ4v) is 2.26. The minimum absolute atomic E-state index is 0.0000394. The van der Waals surface area contributed by atoms with Crippen LogP contribution in [0.5, 0.6) is 0 Å². The number of ether oxygens (including phenoxy) is 3. The lowest BCUT2D eigenvalue weighted by Crippen LogP contribution is -2.41. The van der Waals surface area contributed by atoms with Crippen molar-refractivity contribution < 1.29 is 34.6 Å². The lowest BCUT2D eigenvalue weighted by atomic mass is 9.92. The number of benzene rings is 1. The summed E-state index contributed by atoms with van der Waals surface area (Å²) >= 11 is 0. The van der Waals surface area contributed by atoms with Crippen LogP contribution in [0.1, 0.15) is 18.4 Å². The maximum Gasteiger partial charge on any atom is 0.0942 e. The van der Waals surface area contributed by atoms with Crippen LogP contribution in [-0.4, -0.2) is 68.3 Å². The van der Waals surface area contributed by atoms with Gasteiger partial charge in [0.1, 0.15) is 0 Å². The third kappa shape index (κ3) is 9.86. The van der Waals surface area contributed by atoms with Crippen molar-refractivity contribution in [2.24, 2.45) is 5.41 Å². The Labute approximate surface area is 149 Å². The van der Waals surface area contributed by atoms with Gasteiger partial charge in [0.15, 0.2) is 0 Å². The number of hydrogen-bond donors (Lipinski definition) is 3. The molecule has 0 bridgehead atoms. The van der Waals surface area contributed by atoms with Crippen molar-refractivity contribution >= 4 is 0 Å². The first-order valence-corrected chi connectivity index (χ1v) is 8.51. The highest BCUT2D eigenvalue weighted by molar-refractivity contribution is 5.13. The van der Waals surface area contributed by atoms with Gasteiger partial charge in [-0.25, -0.2) is 4.89 Å². The molecule has 0 spiro atoms. The van der Waals surface area contributed by atoms with Crippen LogP contribution >= 0.6 is 0 Å². The fraction of sp³-hybridized carbons (Fsp3) is 0.667. The molecule has 0 amide bonds. The van der Waals surface area contributed by atoms with Crippen molar-refractivity contribution in [2.75, 3.05) is 52.9 Å². The smallest absolute Gasteiger partial charge is 0.0942 e. The largest absolute Gasteiger partial charge is 0.396 e. The summed E-state index contributed by atoms with van der Waals surface area (Å²) in [7, 11) is 0. The molecule has 0 aromatic heterocycles. The molecule has 1 aromatic carbocycles. The zero-order chi connectivity index (χ0) is 18.2. The highest BCUT2D eigenvalue weighted by Crippen LogP contribution is 2.21. The van der Waals surface area contributed by atoms with Crippen LogP contribution in [0.4, 0.5) is 0 Å². The van der Waals surface area contributed by atoms with E-state index in [1.807, 2.05) is 30.3 Å². The summed E-state index contributed by atoms with van der Waals surface area (Å²) in [5, 5.41) is 26.7. The zero-order valence-electron chi connectivity index (χ0n) is 14.6. The number of aliphatic hydroxyl groups excluding tert-OH is 2. The predicted molar refractivity (Wildman–Crippen MR) is 92.2 cm³/mol. The molecule has 0 unspecified atom stereocenters. The van der Waals surface area contributed by atoms with Crippen molar-refractivity contribution in [3.8, 4) is 0 Å². The second-order valence-electron chi connectivity index (χ2n) is 6.01.